The molecule has 5 heteroatoms. The van der Waals surface area contributed by atoms with Crippen LogP contribution in [0.3, 0.4) is 0 Å². The fourth-order valence-electron chi connectivity index (χ4n) is 2.35. The van der Waals surface area contributed by atoms with Crippen molar-refractivity contribution >= 4 is 16.7 Å². The predicted molar refractivity (Wildman–Crippen MR) is 71.4 cm³/mol. The highest BCUT2D eigenvalue weighted by atomic mass is 32.2. The predicted octanol–water partition coefficient (Wildman–Crippen LogP) is 0.793. The third kappa shape index (κ3) is 4.07. The van der Waals surface area contributed by atoms with Gasteiger partial charge in [-0.05, 0) is 25.8 Å². The summed E-state index contributed by atoms with van der Waals surface area (Å²) in [6.07, 6.45) is 3.87. The van der Waals surface area contributed by atoms with Crippen molar-refractivity contribution < 1.29 is 9.00 Å². The number of hydrogen-bond donors (Lipinski definition) is 2. The largest absolute Gasteiger partial charge is 0.354 e. The molecule has 1 aliphatic heterocycles. The van der Waals surface area contributed by atoms with Gasteiger partial charge >= 0.3 is 0 Å². The zero-order valence-corrected chi connectivity index (χ0v) is 11.7. The lowest BCUT2D eigenvalue weighted by molar-refractivity contribution is -0.127. The summed E-state index contributed by atoms with van der Waals surface area (Å²) in [7, 11) is -0.797. The zero-order valence-electron chi connectivity index (χ0n) is 10.9. The van der Waals surface area contributed by atoms with E-state index in [2.05, 4.69) is 17.6 Å². The lowest BCUT2D eigenvalue weighted by atomic mass is 9.91. The van der Waals surface area contributed by atoms with Crippen molar-refractivity contribution in [2.24, 2.45) is 0 Å². The highest BCUT2D eigenvalue weighted by Gasteiger charge is 2.39. The molecule has 4 nitrogen and oxygen atoms in total. The molecular formula is C12H24N2O2S. The molecule has 100 valence electrons. The van der Waals surface area contributed by atoms with Crippen LogP contribution in [0.4, 0.5) is 0 Å². The van der Waals surface area contributed by atoms with E-state index in [0.717, 1.165) is 32.2 Å². The standard InChI is InChI=1S/C12H24N2O2S/c1-3-6-12(7-5-8-14-12)11(15)13-9-10-17(16)4-2/h14H,3-10H2,1-2H3,(H,13,15). The number of carbonyl (C=O) groups is 1. The second-order valence-electron chi connectivity index (χ2n) is 4.55. The van der Waals surface area contributed by atoms with Crippen LogP contribution in [0.15, 0.2) is 0 Å². The molecule has 0 saturated carbocycles. The Morgan fingerprint density at radius 2 is 2.24 bits per heavy atom. The van der Waals surface area contributed by atoms with E-state index < -0.39 is 10.8 Å². The maximum atomic E-state index is 12.2. The molecule has 2 unspecified atom stereocenters. The van der Waals surface area contributed by atoms with Crippen LogP contribution in [-0.2, 0) is 15.6 Å². The first-order valence-corrected chi connectivity index (χ1v) is 8.01. The van der Waals surface area contributed by atoms with E-state index in [9.17, 15) is 9.00 Å². The first-order valence-electron chi connectivity index (χ1n) is 6.53. The third-order valence-corrected chi connectivity index (χ3v) is 4.60. The van der Waals surface area contributed by atoms with Gasteiger partial charge in [-0.25, -0.2) is 0 Å². The summed E-state index contributed by atoms with van der Waals surface area (Å²) in [4.78, 5) is 12.2. The van der Waals surface area contributed by atoms with Crippen molar-refractivity contribution in [2.45, 2.75) is 45.1 Å². The Hall–Kier alpha value is -0.420. The van der Waals surface area contributed by atoms with Gasteiger partial charge in [0.2, 0.25) is 5.91 Å². The number of amides is 1. The van der Waals surface area contributed by atoms with Crippen LogP contribution >= 0.6 is 0 Å². The summed E-state index contributed by atoms with van der Waals surface area (Å²) in [6.45, 7) is 5.44. The molecule has 1 fully saturated rings. The van der Waals surface area contributed by atoms with Gasteiger partial charge in [0, 0.05) is 28.9 Å². The Morgan fingerprint density at radius 1 is 1.47 bits per heavy atom. The first-order chi connectivity index (χ1) is 8.14. The Balaban J connectivity index is 2.41. The van der Waals surface area contributed by atoms with Crippen LogP contribution in [0.1, 0.15) is 39.5 Å². The van der Waals surface area contributed by atoms with Gasteiger partial charge in [-0.15, -0.1) is 0 Å². The van der Waals surface area contributed by atoms with E-state index in [0.29, 0.717) is 18.1 Å². The van der Waals surface area contributed by atoms with E-state index in [4.69, 9.17) is 0 Å². The van der Waals surface area contributed by atoms with Gasteiger partial charge in [-0.2, -0.15) is 0 Å². The van der Waals surface area contributed by atoms with Crippen molar-refractivity contribution in [2.75, 3.05) is 24.6 Å². The topological polar surface area (TPSA) is 58.2 Å². The Bertz CT molecular complexity index is 276. The summed E-state index contributed by atoms with van der Waals surface area (Å²) < 4.78 is 11.3. The number of carbonyl (C=O) groups excluding carboxylic acids is 1. The van der Waals surface area contributed by atoms with Gasteiger partial charge in [0.25, 0.3) is 0 Å². The quantitative estimate of drug-likeness (QED) is 0.711. The average molecular weight is 260 g/mol. The lowest BCUT2D eigenvalue weighted by Gasteiger charge is -2.27. The summed E-state index contributed by atoms with van der Waals surface area (Å²) in [5.41, 5.74) is -0.359. The Labute approximate surface area is 106 Å². The molecule has 2 N–H and O–H groups in total. The lowest BCUT2D eigenvalue weighted by Crippen LogP contribution is -2.54. The molecule has 0 aromatic rings. The van der Waals surface area contributed by atoms with Crippen LogP contribution in [-0.4, -0.2) is 40.3 Å². The second-order valence-corrected chi connectivity index (χ2v) is 6.42. The molecule has 1 amide bonds. The molecule has 1 rings (SSSR count). The molecule has 0 spiro atoms. The van der Waals surface area contributed by atoms with E-state index in [1.807, 2.05) is 6.92 Å². The number of nitrogens with one attached hydrogen (secondary N) is 2. The Kier molecular flexibility index (Phi) is 6.12. The second kappa shape index (κ2) is 7.11. The molecule has 0 aromatic carbocycles. The fraction of sp³-hybridized carbons (Fsp3) is 0.917. The van der Waals surface area contributed by atoms with Crippen LogP contribution in [0, 0.1) is 0 Å². The van der Waals surface area contributed by atoms with Crippen molar-refractivity contribution in [3.63, 3.8) is 0 Å². The van der Waals surface area contributed by atoms with E-state index in [-0.39, 0.29) is 11.4 Å². The summed E-state index contributed by atoms with van der Waals surface area (Å²) in [5.74, 6) is 1.31. The van der Waals surface area contributed by atoms with Gasteiger partial charge < -0.3 is 10.6 Å². The third-order valence-electron chi connectivity index (χ3n) is 3.29. The van der Waals surface area contributed by atoms with Gasteiger partial charge in [0.1, 0.15) is 0 Å². The maximum absolute atomic E-state index is 12.2. The molecule has 1 saturated heterocycles. The minimum absolute atomic E-state index is 0.0879. The zero-order chi connectivity index (χ0) is 12.7. The summed E-state index contributed by atoms with van der Waals surface area (Å²) in [6, 6.07) is 0. The highest BCUT2D eigenvalue weighted by molar-refractivity contribution is 7.84. The van der Waals surface area contributed by atoms with Crippen molar-refractivity contribution in [3.05, 3.63) is 0 Å². The normalized spacial score (nSPS) is 25.8. The van der Waals surface area contributed by atoms with Gasteiger partial charge in [-0.3, -0.25) is 9.00 Å². The molecule has 1 aliphatic rings. The smallest absolute Gasteiger partial charge is 0.240 e. The molecule has 1 heterocycles. The maximum Gasteiger partial charge on any atom is 0.240 e. The van der Waals surface area contributed by atoms with Gasteiger partial charge in [0.15, 0.2) is 0 Å². The summed E-state index contributed by atoms with van der Waals surface area (Å²) >= 11 is 0. The minimum atomic E-state index is -0.797. The molecule has 0 aromatic heterocycles. The summed E-state index contributed by atoms with van der Waals surface area (Å²) in [5, 5.41) is 6.26. The molecule has 2 atom stereocenters. The minimum Gasteiger partial charge on any atom is -0.354 e. The van der Waals surface area contributed by atoms with Crippen LogP contribution in [0.5, 0.6) is 0 Å². The van der Waals surface area contributed by atoms with Gasteiger partial charge in [-0.1, -0.05) is 20.3 Å². The monoisotopic (exact) mass is 260 g/mol. The molecule has 0 radical (unpaired) electrons. The van der Waals surface area contributed by atoms with Crippen molar-refractivity contribution in [3.8, 4) is 0 Å². The SMILES string of the molecule is CCCC1(C(=O)NCCS(=O)CC)CCCN1. The molecule has 0 bridgehead atoms. The van der Waals surface area contributed by atoms with Crippen LogP contribution < -0.4 is 10.6 Å². The van der Waals surface area contributed by atoms with Crippen molar-refractivity contribution in [1.29, 1.82) is 0 Å². The average Bonchev–Trinajstić information content (AvgIpc) is 2.79. The van der Waals surface area contributed by atoms with E-state index in [1.165, 1.54) is 0 Å². The first kappa shape index (κ1) is 14.6. The molecular weight excluding hydrogens is 236 g/mol. The van der Waals surface area contributed by atoms with Crippen LogP contribution in [0.25, 0.3) is 0 Å². The van der Waals surface area contributed by atoms with E-state index >= 15 is 0 Å². The highest BCUT2D eigenvalue weighted by Crippen LogP contribution is 2.24. The van der Waals surface area contributed by atoms with Crippen molar-refractivity contribution in [1.82, 2.24) is 10.6 Å². The van der Waals surface area contributed by atoms with Crippen LogP contribution in [0.2, 0.25) is 0 Å². The number of rotatable bonds is 7. The number of hydrogen-bond acceptors (Lipinski definition) is 3. The van der Waals surface area contributed by atoms with Gasteiger partial charge in [0.05, 0.1) is 5.54 Å². The molecule has 0 aliphatic carbocycles. The fourth-order valence-corrected chi connectivity index (χ4v) is 2.96. The molecule has 17 heavy (non-hydrogen) atoms. The Morgan fingerprint density at radius 3 is 2.76 bits per heavy atom. The van der Waals surface area contributed by atoms with E-state index in [1.54, 1.807) is 0 Å².